The van der Waals surface area contributed by atoms with E-state index in [9.17, 15) is 0 Å². The third-order valence-electron chi connectivity index (χ3n) is 5.77. The highest BCUT2D eigenvalue weighted by molar-refractivity contribution is 8.14. The van der Waals surface area contributed by atoms with Crippen LogP contribution in [0.3, 0.4) is 0 Å². The molecule has 0 aromatic rings. The molecule has 1 spiro atoms. The molecule has 2 saturated carbocycles. The smallest absolute Gasteiger partial charge is 0.157 e. The lowest BCUT2D eigenvalue weighted by Crippen LogP contribution is -2.54. The maximum Gasteiger partial charge on any atom is 0.157 e. The van der Waals surface area contributed by atoms with Crippen LogP contribution in [-0.4, -0.2) is 35.7 Å². The summed E-state index contributed by atoms with van der Waals surface area (Å²) in [4.78, 5) is 4.99. The summed E-state index contributed by atoms with van der Waals surface area (Å²) in [6.45, 7) is 6.93. The molecule has 0 aromatic heterocycles. The molecule has 3 rings (SSSR count). The SMILES string of the molecule is COC1CC(N=C2NC3(CCC(C)CC3)CS2)C1(C)C. The summed E-state index contributed by atoms with van der Waals surface area (Å²) in [6.07, 6.45) is 6.79. The van der Waals surface area contributed by atoms with Crippen LogP contribution in [-0.2, 0) is 4.74 Å². The number of amidine groups is 1. The van der Waals surface area contributed by atoms with Crippen molar-refractivity contribution in [2.24, 2.45) is 16.3 Å². The van der Waals surface area contributed by atoms with Gasteiger partial charge in [-0.2, -0.15) is 0 Å². The molecular weight excluding hydrogens is 268 g/mol. The molecule has 2 unspecified atom stereocenters. The molecule has 2 atom stereocenters. The van der Waals surface area contributed by atoms with Gasteiger partial charge in [-0.1, -0.05) is 32.5 Å². The molecule has 1 saturated heterocycles. The molecule has 0 amide bonds. The quantitative estimate of drug-likeness (QED) is 0.847. The first-order valence-electron chi connectivity index (χ1n) is 7.97. The predicted molar refractivity (Wildman–Crippen MR) is 86.4 cm³/mol. The van der Waals surface area contributed by atoms with Gasteiger partial charge >= 0.3 is 0 Å². The number of aliphatic imine (C=N–C) groups is 1. The first kappa shape index (κ1) is 14.7. The van der Waals surface area contributed by atoms with Gasteiger partial charge in [-0.25, -0.2) is 0 Å². The molecule has 3 aliphatic rings. The Balaban J connectivity index is 1.62. The largest absolute Gasteiger partial charge is 0.381 e. The molecule has 0 radical (unpaired) electrons. The van der Waals surface area contributed by atoms with Gasteiger partial charge in [-0.05, 0) is 38.0 Å². The van der Waals surface area contributed by atoms with E-state index in [1.165, 1.54) is 36.6 Å². The van der Waals surface area contributed by atoms with Crippen molar-refractivity contribution >= 4 is 16.9 Å². The van der Waals surface area contributed by atoms with Crippen molar-refractivity contribution in [3.63, 3.8) is 0 Å². The van der Waals surface area contributed by atoms with Gasteiger partial charge in [0.1, 0.15) is 0 Å². The van der Waals surface area contributed by atoms with Crippen molar-refractivity contribution in [3.05, 3.63) is 0 Å². The van der Waals surface area contributed by atoms with Crippen LogP contribution in [0.1, 0.15) is 52.9 Å². The zero-order valence-electron chi connectivity index (χ0n) is 13.2. The summed E-state index contributed by atoms with van der Waals surface area (Å²) in [5.74, 6) is 2.11. The molecule has 114 valence electrons. The second-order valence-electron chi connectivity index (χ2n) is 7.61. The number of methoxy groups -OCH3 is 1. The maximum atomic E-state index is 5.52. The number of hydrogen-bond donors (Lipinski definition) is 1. The van der Waals surface area contributed by atoms with Crippen LogP contribution in [0, 0.1) is 11.3 Å². The Morgan fingerprint density at radius 3 is 2.60 bits per heavy atom. The normalized spacial score (nSPS) is 45.4. The Labute approximate surface area is 127 Å². The van der Waals surface area contributed by atoms with Crippen molar-refractivity contribution in [3.8, 4) is 0 Å². The summed E-state index contributed by atoms with van der Waals surface area (Å²) in [5.41, 5.74) is 0.533. The molecule has 1 aliphatic heterocycles. The fraction of sp³-hybridized carbons (Fsp3) is 0.938. The van der Waals surface area contributed by atoms with Crippen molar-refractivity contribution in [2.45, 2.75) is 70.6 Å². The van der Waals surface area contributed by atoms with Gasteiger partial charge < -0.3 is 10.1 Å². The Bertz CT molecular complexity index is 399. The third-order valence-corrected chi connectivity index (χ3v) is 6.95. The van der Waals surface area contributed by atoms with Crippen LogP contribution in [0.15, 0.2) is 4.99 Å². The van der Waals surface area contributed by atoms with Crippen LogP contribution in [0.2, 0.25) is 0 Å². The molecule has 0 aromatic carbocycles. The van der Waals surface area contributed by atoms with Crippen LogP contribution >= 0.6 is 11.8 Å². The molecule has 1 heterocycles. The Morgan fingerprint density at radius 1 is 1.30 bits per heavy atom. The minimum atomic E-state index is 0.181. The monoisotopic (exact) mass is 296 g/mol. The van der Waals surface area contributed by atoms with Gasteiger partial charge in [0.25, 0.3) is 0 Å². The lowest BCUT2D eigenvalue weighted by Gasteiger charge is -2.49. The van der Waals surface area contributed by atoms with E-state index in [1.807, 2.05) is 18.9 Å². The van der Waals surface area contributed by atoms with Crippen LogP contribution in [0.4, 0.5) is 0 Å². The maximum absolute atomic E-state index is 5.52. The van der Waals surface area contributed by atoms with Crippen molar-refractivity contribution < 1.29 is 4.74 Å². The Hall–Kier alpha value is -0.220. The minimum absolute atomic E-state index is 0.181. The van der Waals surface area contributed by atoms with Gasteiger partial charge in [-0.15, -0.1) is 0 Å². The third kappa shape index (κ3) is 2.50. The van der Waals surface area contributed by atoms with Crippen LogP contribution < -0.4 is 5.32 Å². The average Bonchev–Trinajstić information content (AvgIpc) is 2.81. The van der Waals surface area contributed by atoms with E-state index in [1.54, 1.807) is 0 Å². The first-order valence-corrected chi connectivity index (χ1v) is 8.95. The molecule has 3 fully saturated rings. The fourth-order valence-electron chi connectivity index (χ4n) is 3.78. The average molecular weight is 296 g/mol. The molecule has 3 nitrogen and oxygen atoms in total. The number of nitrogens with zero attached hydrogens (tertiary/aromatic N) is 1. The summed E-state index contributed by atoms with van der Waals surface area (Å²) < 4.78 is 5.52. The number of thioether (sulfide) groups is 1. The van der Waals surface area contributed by atoms with Crippen LogP contribution in [0.25, 0.3) is 0 Å². The van der Waals surface area contributed by atoms with Crippen molar-refractivity contribution in [2.75, 3.05) is 12.9 Å². The zero-order valence-corrected chi connectivity index (χ0v) is 14.1. The predicted octanol–water partition coefficient (Wildman–Crippen LogP) is 3.44. The standard InChI is InChI=1S/C16H28N2OS/c1-11-5-7-16(8-6-11)10-20-14(18-16)17-12-9-13(19-4)15(12,2)3/h11-13H,5-10H2,1-4H3,(H,17,18). The highest BCUT2D eigenvalue weighted by Gasteiger charge is 2.49. The number of rotatable bonds is 2. The molecule has 1 N–H and O–H groups in total. The van der Waals surface area contributed by atoms with Gasteiger partial charge in [-0.3, -0.25) is 4.99 Å². The van der Waals surface area contributed by atoms with Crippen LogP contribution in [0.5, 0.6) is 0 Å². The van der Waals surface area contributed by atoms with E-state index in [-0.39, 0.29) is 5.41 Å². The lowest BCUT2D eigenvalue weighted by atomic mass is 9.65. The highest BCUT2D eigenvalue weighted by atomic mass is 32.2. The van der Waals surface area contributed by atoms with Gasteiger partial charge in [0.2, 0.25) is 0 Å². The number of ether oxygens (including phenoxy) is 1. The number of hydrogen-bond acceptors (Lipinski definition) is 3. The van der Waals surface area contributed by atoms with Gasteiger partial charge in [0.15, 0.2) is 5.17 Å². The molecule has 2 aliphatic carbocycles. The molecule has 20 heavy (non-hydrogen) atoms. The van der Waals surface area contributed by atoms with E-state index in [4.69, 9.17) is 9.73 Å². The summed E-state index contributed by atoms with van der Waals surface area (Å²) >= 11 is 1.93. The fourth-order valence-corrected chi connectivity index (χ4v) is 5.05. The Kier molecular flexibility index (Phi) is 3.83. The molecule has 4 heteroatoms. The number of nitrogens with one attached hydrogen (secondary N) is 1. The van der Waals surface area contributed by atoms with E-state index in [0.29, 0.717) is 17.7 Å². The highest BCUT2D eigenvalue weighted by Crippen LogP contribution is 2.46. The van der Waals surface area contributed by atoms with Gasteiger partial charge in [0.05, 0.1) is 12.1 Å². The van der Waals surface area contributed by atoms with E-state index < -0.39 is 0 Å². The molecular formula is C16H28N2OS. The first-order chi connectivity index (χ1) is 9.45. The lowest BCUT2D eigenvalue weighted by molar-refractivity contribution is -0.0850. The van der Waals surface area contributed by atoms with E-state index >= 15 is 0 Å². The topological polar surface area (TPSA) is 33.6 Å². The summed E-state index contributed by atoms with van der Waals surface area (Å²) in [7, 11) is 1.82. The summed E-state index contributed by atoms with van der Waals surface area (Å²) in [6, 6.07) is 0.417. The van der Waals surface area contributed by atoms with E-state index in [0.717, 1.165) is 12.3 Å². The second-order valence-corrected chi connectivity index (χ2v) is 8.57. The summed E-state index contributed by atoms with van der Waals surface area (Å²) in [5, 5.41) is 4.96. The minimum Gasteiger partial charge on any atom is -0.381 e. The second kappa shape index (κ2) is 5.20. The van der Waals surface area contributed by atoms with E-state index in [2.05, 4.69) is 26.1 Å². The van der Waals surface area contributed by atoms with Gasteiger partial charge in [0, 0.05) is 23.8 Å². The Morgan fingerprint density at radius 2 is 2.00 bits per heavy atom. The zero-order chi connectivity index (χ0) is 14.4. The van der Waals surface area contributed by atoms with Crippen molar-refractivity contribution in [1.29, 1.82) is 0 Å². The van der Waals surface area contributed by atoms with Crippen molar-refractivity contribution in [1.82, 2.24) is 5.32 Å². The molecule has 0 bridgehead atoms.